The first-order chi connectivity index (χ1) is 7.95. The molecule has 0 aliphatic heterocycles. The van der Waals surface area contributed by atoms with E-state index in [9.17, 15) is 19.7 Å². The van der Waals surface area contributed by atoms with Crippen molar-refractivity contribution in [3.8, 4) is 0 Å². The van der Waals surface area contributed by atoms with Crippen LogP contribution in [0.5, 0.6) is 0 Å². The molecule has 1 aromatic heterocycles. The standard InChI is InChI=1S/C9H10N2O5S/c1-2-6(9(13)14)10-8(12)5-3-7(11(15)16)17-4-5/h3-4,6H,2H2,1H3,(H,10,12)(H,13,14)/t6-/m0/s1. The molecule has 1 heterocycles. The highest BCUT2D eigenvalue weighted by Crippen LogP contribution is 2.22. The topological polar surface area (TPSA) is 110 Å². The van der Waals surface area contributed by atoms with Crippen molar-refractivity contribution in [3.05, 3.63) is 27.1 Å². The maximum atomic E-state index is 11.6. The third-order valence-electron chi connectivity index (χ3n) is 2.04. The van der Waals surface area contributed by atoms with Crippen molar-refractivity contribution in [2.75, 3.05) is 0 Å². The molecule has 1 aromatic rings. The summed E-state index contributed by atoms with van der Waals surface area (Å²) in [5.41, 5.74) is 0.0985. The fraction of sp³-hybridized carbons (Fsp3) is 0.333. The maximum Gasteiger partial charge on any atom is 0.326 e. The van der Waals surface area contributed by atoms with E-state index in [4.69, 9.17) is 5.11 Å². The van der Waals surface area contributed by atoms with Crippen molar-refractivity contribution in [1.82, 2.24) is 5.32 Å². The van der Waals surface area contributed by atoms with E-state index in [0.717, 1.165) is 17.4 Å². The van der Waals surface area contributed by atoms with E-state index in [0.29, 0.717) is 0 Å². The minimum absolute atomic E-state index is 0.0985. The number of hydrogen-bond acceptors (Lipinski definition) is 5. The minimum atomic E-state index is -1.13. The molecule has 0 aromatic carbocycles. The average Bonchev–Trinajstić information content (AvgIpc) is 2.74. The summed E-state index contributed by atoms with van der Waals surface area (Å²) in [4.78, 5) is 32.1. The van der Waals surface area contributed by atoms with Gasteiger partial charge in [0, 0.05) is 11.4 Å². The second kappa shape index (κ2) is 5.39. The molecule has 0 aliphatic rings. The fourth-order valence-corrected chi connectivity index (χ4v) is 1.82. The Balaban J connectivity index is 2.75. The van der Waals surface area contributed by atoms with Crippen LogP contribution >= 0.6 is 11.3 Å². The zero-order valence-electron chi connectivity index (χ0n) is 8.87. The van der Waals surface area contributed by atoms with Gasteiger partial charge < -0.3 is 10.4 Å². The molecule has 0 radical (unpaired) electrons. The van der Waals surface area contributed by atoms with Crippen LogP contribution in [-0.4, -0.2) is 27.9 Å². The van der Waals surface area contributed by atoms with Crippen molar-refractivity contribution in [2.45, 2.75) is 19.4 Å². The van der Waals surface area contributed by atoms with Crippen molar-refractivity contribution >= 4 is 28.2 Å². The van der Waals surface area contributed by atoms with Crippen LogP contribution in [0.4, 0.5) is 5.00 Å². The molecule has 0 unspecified atom stereocenters. The van der Waals surface area contributed by atoms with Crippen LogP contribution in [-0.2, 0) is 4.79 Å². The van der Waals surface area contributed by atoms with Crippen LogP contribution in [0.25, 0.3) is 0 Å². The van der Waals surface area contributed by atoms with Gasteiger partial charge in [-0.3, -0.25) is 14.9 Å². The Hall–Kier alpha value is -1.96. The zero-order valence-corrected chi connectivity index (χ0v) is 9.69. The van der Waals surface area contributed by atoms with Gasteiger partial charge in [-0.25, -0.2) is 4.79 Å². The number of amides is 1. The summed E-state index contributed by atoms with van der Waals surface area (Å²) < 4.78 is 0. The highest BCUT2D eigenvalue weighted by Gasteiger charge is 2.20. The largest absolute Gasteiger partial charge is 0.480 e. The SMILES string of the molecule is CC[C@H](NC(=O)c1csc([N+](=O)[O-])c1)C(=O)O. The number of carboxylic acid groups (broad SMARTS) is 1. The Morgan fingerprint density at radius 3 is 2.71 bits per heavy atom. The molecule has 0 spiro atoms. The monoisotopic (exact) mass is 258 g/mol. The number of carboxylic acids is 1. The molecule has 1 rings (SSSR count). The lowest BCUT2D eigenvalue weighted by Gasteiger charge is -2.10. The lowest BCUT2D eigenvalue weighted by atomic mass is 10.2. The number of nitrogens with zero attached hydrogens (tertiary/aromatic N) is 1. The van der Waals surface area contributed by atoms with E-state index < -0.39 is 22.8 Å². The molecule has 0 fully saturated rings. The van der Waals surface area contributed by atoms with Gasteiger partial charge in [0.15, 0.2) is 0 Å². The van der Waals surface area contributed by atoms with Gasteiger partial charge in [0.2, 0.25) is 0 Å². The minimum Gasteiger partial charge on any atom is -0.480 e. The lowest BCUT2D eigenvalue weighted by Crippen LogP contribution is -2.40. The predicted octanol–water partition coefficient (Wildman–Crippen LogP) is 1.25. The Bertz CT molecular complexity index is 456. The second-order valence-electron chi connectivity index (χ2n) is 3.20. The molecular weight excluding hydrogens is 248 g/mol. The molecule has 92 valence electrons. The first kappa shape index (κ1) is 13.1. The molecule has 8 heteroatoms. The molecule has 0 aliphatic carbocycles. The van der Waals surface area contributed by atoms with Crippen LogP contribution < -0.4 is 5.32 Å². The summed E-state index contributed by atoms with van der Waals surface area (Å²) in [6.07, 6.45) is 0.243. The quantitative estimate of drug-likeness (QED) is 0.610. The molecular formula is C9H10N2O5S. The maximum absolute atomic E-state index is 11.6. The van der Waals surface area contributed by atoms with E-state index >= 15 is 0 Å². The van der Waals surface area contributed by atoms with E-state index in [1.165, 1.54) is 5.38 Å². The molecule has 1 atom stereocenters. The first-order valence-electron chi connectivity index (χ1n) is 4.72. The highest BCUT2D eigenvalue weighted by molar-refractivity contribution is 7.13. The Morgan fingerprint density at radius 1 is 1.65 bits per heavy atom. The molecule has 7 nitrogen and oxygen atoms in total. The van der Waals surface area contributed by atoms with Crippen LogP contribution in [0.15, 0.2) is 11.4 Å². The number of aliphatic carboxylic acids is 1. The van der Waals surface area contributed by atoms with Crippen molar-refractivity contribution in [2.24, 2.45) is 0 Å². The predicted molar refractivity (Wildman–Crippen MR) is 60.2 cm³/mol. The van der Waals surface area contributed by atoms with E-state index in [1.54, 1.807) is 6.92 Å². The number of thiophene rings is 1. The smallest absolute Gasteiger partial charge is 0.326 e. The number of nitrogens with one attached hydrogen (secondary N) is 1. The molecule has 0 bridgehead atoms. The summed E-state index contributed by atoms with van der Waals surface area (Å²) in [5, 5.41) is 22.6. The number of hydrogen-bond donors (Lipinski definition) is 2. The third-order valence-corrected chi connectivity index (χ3v) is 2.92. The van der Waals surface area contributed by atoms with Gasteiger partial charge in [-0.15, -0.1) is 0 Å². The zero-order chi connectivity index (χ0) is 13.0. The molecule has 0 saturated carbocycles. The summed E-state index contributed by atoms with van der Waals surface area (Å²) >= 11 is 0.822. The van der Waals surface area contributed by atoms with Crippen LogP contribution in [0, 0.1) is 10.1 Å². The van der Waals surface area contributed by atoms with Crippen LogP contribution in [0.3, 0.4) is 0 Å². The Kier molecular flexibility index (Phi) is 4.16. The van der Waals surface area contributed by atoms with Crippen molar-refractivity contribution in [3.63, 3.8) is 0 Å². The fourth-order valence-electron chi connectivity index (χ4n) is 1.12. The summed E-state index contributed by atoms with van der Waals surface area (Å²) in [5.74, 6) is -1.76. The third kappa shape index (κ3) is 3.25. The lowest BCUT2D eigenvalue weighted by molar-refractivity contribution is -0.380. The number of rotatable bonds is 5. The van der Waals surface area contributed by atoms with Gasteiger partial charge in [-0.2, -0.15) is 0 Å². The highest BCUT2D eigenvalue weighted by atomic mass is 32.1. The van der Waals surface area contributed by atoms with E-state index in [1.807, 2.05) is 0 Å². The van der Waals surface area contributed by atoms with Crippen LogP contribution in [0.1, 0.15) is 23.7 Å². The summed E-state index contributed by atoms with van der Waals surface area (Å²) in [6, 6.07) is 0.135. The van der Waals surface area contributed by atoms with Gasteiger partial charge in [-0.05, 0) is 6.42 Å². The normalized spacial score (nSPS) is 11.8. The molecule has 2 N–H and O–H groups in total. The second-order valence-corrected chi connectivity index (χ2v) is 4.09. The number of carbonyl (C=O) groups excluding carboxylic acids is 1. The first-order valence-corrected chi connectivity index (χ1v) is 5.60. The average molecular weight is 258 g/mol. The van der Waals surface area contributed by atoms with E-state index in [-0.39, 0.29) is 17.0 Å². The summed E-state index contributed by atoms with van der Waals surface area (Å²) in [6.45, 7) is 1.62. The summed E-state index contributed by atoms with van der Waals surface area (Å²) in [7, 11) is 0. The van der Waals surface area contributed by atoms with Gasteiger partial charge in [0.05, 0.1) is 10.5 Å². The van der Waals surface area contributed by atoms with Gasteiger partial charge >= 0.3 is 11.0 Å². The van der Waals surface area contributed by atoms with E-state index in [2.05, 4.69) is 5.32 Å². The Labute approximate surface area is 100 Å². The van der Waals surface area contributed by atoms with Crippen molar-refractivity contribution in [1.29, 1.82) is 0 Å². The molecule has 0 saturated heterocycles. The van der Waals surface area contributed by atoms with Gasteiger partial charge in [0.1, 0.15) is 6.04 Å². The molecule has 17 heavy (non-hydrogen) atoms. The van der Waals surface area contributed by atoms with Crippen LogP contribution in [0.2, 0.25) is 0 Å². The Morgan fingerprint density at radius 2 is 2.29 bits per heavy atom. The van der Waals surface area contributed by atoms with Crippen molar-refractivity contribution < 1.29 is 19.6 Å². The number of nitro groups is 1. The number of carbonyl (C=O) groups is 2. The molecule has 1 amide bonds. The van der Waals surface area contributed by atoms with Gasteiger partial charge in [-0.1, -0.05) is 18.3 Å². The van der Waals surface area contributed by atoms with Gasteiger partial charge in [0.25, 0.3) is 5.91 Å².